The van der Waals surface area contributed by atoms with Gasteiger partial charge in [-0.25, -0.2) is 0 Å². The molecule has 0 radical (unpaired) electrons. The van der Waals surface area contributed by atoms with Crippen LogP contribution >= 0.6 is 11.6 Å². The number of aryl methyl sites for hydroxylation is 1. The van der Waals surface area contributed by atoms with Crippen molar-refractivity contribution in [1.82, 2.24) is 10.2 Å². The first-order valence-corrected chi connectivity index (χ1v) is 7.24. The van der Waals surface area contributed by atoms with E-state index in [1.54, 1.807) is 31.2 Å². The standard InChI is InChI=1S/C15H18ClN3O2/c1-3-6-11-9-14(19-18-11)17-15(20)10(2)21-13-8-5-4-7-12(13)16/h4-5,7-10H,3,6H2,1-2H3,(H2,17,18,19,20). The predicted molar refractivity (Wildman–Crippen MR) is 82.8 cm³/mol. The van der Waals surface area contributed by atoms with Gasteiger partial charge in [0.2, 0.25) is 0 Å². The second-order valence-electron chi connectivity index (χ2n) is 4.71. The van der Waals surface area contributed by atoms with Gasteiger partial charge in [-0.2, -0.15) is 5.10 Å². The zero-order valence-corrected chi connectivity index (χ0v) is 12.8. The van der Waals surface area contributed by atoms with Crippen LogP contribution in [0.5, 0.6) is 5.75 Å². The minimum atomic E-state index is -0.670. The predicted octanol–water partition coefficient (Wildman–Crippen LogP) is 3.42. The molecule has 0 spiro atoms. The molecule has 5 nitrogen and oxygen atoms in total. The molecule has 1 aromatic carbocycles. The maximum Gasteiger partial charge on any atom is 0.266 e. The molecule has 1 aromatic heterocycles. The Morgan fingerprint density at radius 3 is 2.95 bits per heavy atom. The number of aromatic amines is 1. The van der Waals surface area contributed by atoms with E-state index >= 15 is 0 Å². The topological polar surface area (TPSA) is 67.0 Å². The van der Waals surface area contributed by atoms with Crippen LogP contribution in [0.25, 0.3) is 0 Å². The highest BCUT2D eigenvalue weighted by molar-refractivity contribution is 6.32. The number of hydrogen-bond donors (Lipinski definition) is 2. The van der Waals surface area contributed by atoms with Crippen molar-refractivity contribution in [3.63, 3.8) is 0 Å². The van der Waals surface area contributed by atoms with Crippen LogP contribution in [0.15, 0.2) is 30.3 Å². The van der Waals surface area contributed by atoms with Crippen LogP contribution in [0.1, 0.15) is 26.0 Å². The van der Waals surface area contributed by atoms with Crippen molar-refractivity contribution >= 4 is 23.3 Å². The lowest BCUT2D eigenvalue weighted by molar-refractivity contribution is -0.122. The number of halogens is 1. The summed E-state index contributed by atoms with van der Waals surface area (Å²) in [5, 5.41) is 10.1. The minimum Gasteiger partial charge on any atom is -0.479 e. The van der Waals surface area contributed by atoms with Crippen molar-refractivity contribution in [2.45, 2.75) is 32.8 Å². The van der Waals surface area contributed by atoms with Gasteiger partial charge in [0.25, 0.3) is 5.91 Å². The van der Waals surface area contributed by atoms with Gasteiger partial charge in [-0.15, -0.1) is 0 Å². The van der Waals surface area contributed by atoms with Gasteiger partial charge < -0.3 is 10.1 Å². The maximum absolute atomic E-state index is 12.1. The van der Waals surface area contributed by atoms with Crippen molar-refractivity contribution < 1.29 is 9.53 Å². The van der Waals surface area contributed by atoms with E-state index in [1.807, 2.05) is 6.07 Å². The lowest BCUT2D eigenvalue weighted by atomic mass is 10.2. The van der Waals surface area contributed by atoms with E-state index in [0.29, 0.717) is 16.6 Å². The van der Waals surface area contributed by atoms with Crippen molar-refractivity contribution in [2.75, 3.05) is 5.32 Å². The molecule has 0 fully saturated rings. The Hall–Kier alpha value is -2.01. The highest BCUT2D eigenvalue weighted by atomic mass is 35.5. The van der Waals surface area contributed by atoms with Gasteiger partial charge in [-0.1, -0.05) is 37.1 Å². The van der Waals surface area contributed by atoms with Gasteiger partial charge >= 0.3 is 0 Å². The number of carbonyl (C=O) groups excluding carboxylic acids is 1. The van der Waals surface area contributed by atoms with E-state index in [-0.39, 0.29) is 5.91 Å². The third kappa shape index (κ3) is 4.23. The third-order valence-corrected chi connectivity index (χ3v) is 3.22. The van der Waals surface area contributed by atoms with Crippen LogP contribution in [0.3, 0.4) is 0 Å². The van der Waals surface area contributed by atoms with E-state index in [1.165, 1.54) is 0 Å². The fourth-order valence-electron chi connectivity index (χ4n) is 1.84. The monoisotopic (exact) mass is 307 g/mol. The molecule has 0 aliphatic carbocycles. The second-order valence-corrected chi connectivity index (χ2v) is 5.12. The quantitative estimate of drug-likeness (QED) is 0.859. The van der Waals surface area contributed by atoms with E-state index in [4.69, 9.17) is 16.3 Å². The van der Waals surface area contributed by atoms with Crippen LogP contribution in [-0.4, -0.2) is 22.2 Å². The molecule has 1 heterocycles. The molecule has 6 heteroatoms. The first-order chi connectivity index (χ1) is 10.1. The van der Waals surface area contributed by atoms with Crippen LogP contribution in [0.2, 0.25) is 5.02 Å². The Morgan fingerprint density at radius 1 is 1.48 bits per heavy atom. The molecule has 0 bridgehead atoms. The van der Waals surface area contributed by atoms with Gasteiger partial charge in [-0.3, -0.25) is 9.89 Å². The summed E-state index contributed by atoms with van der Waals surface area (Å²) in [4.78, 5) is 12.1. The van der Waals surface area contributed by atoms with Crippen LogP contribution in [0, 0.1) is 0 Å². The maximum atomic E-state index is 12.1. The Labute approximate surface area is 128 Å². The first kappa shape index (κ1) is 15.4. The lowest BCUT2D eigenvalue weighted by Gasteiger charge is -2.14. The van der Waals surface area contributed by atoms with E-state index in [0.717, 1.165) is 18.5 Å². The summed E-state index contributed by atoms with van der Waals surface area (Å²) in [6, 6.07) is 8.87. The zero-order chi connectivity index (χ0) is 15.2. The molecule has 0 aliphatic heterocycles. The summed E-state index contributed by atoms with van der Waals surface area (Å²) in [7, 11) is 0. The Balaban J connectivity index is 1.94. The highest BCUT2D eigenvalue weighted by Gasteiger charge is 2.17. The summed E-state index contributed by atoms with van der Waals surface area (Å²) in [6.45, 7) is 3.75. The summed E-state index contributed by atoms with van der Waals surface area (Å²) in [5.41, 5.74) is 0.993. The molecule has 2 rings (SSSR count). The van der Waals surface area contributed by atoms with Gasteiger partial charge in [0.1, 0.15) is 5.75 Å². The molecular formula is C15H18ClN3O2. The molecule has 0 saturated heterocycles. The van der Waals surface area contributed by atoms with Gasteiger partial charge in [0, 0.05) is 11.8 Å². The number of amides is 1. The number of nitrogens with one attached hydrogen (secondary N) is 2. The van der Waals surface area contributed by atoms with Crippen LogP contribution < -0.4 is 10.1 Å². The molecule has 21 heavy (non-hydrogen) atoms. The molecule has 1 atom stereocenters. The summed E-state index contributed by atoms with van der Waals surface area (Å²) in [5.74, 6) is 0.707. The average Bonchev–Trinajstić information content (AvgIpc) is 2.89. The molecular weight excluding hydrogens is 290 g/mol. The minimum absolute atomic E-state index is 0.274. The number of nitrogens with zero attached hydrogens (tertiary/aromatic N) is 1. The fraction of sp³-hybridized carbons (Fsp3) is 0.333. The largest absolute Gasteiger partial charge is 0.479 e. The number of rotatable bonds is 6. The van der Waals surface area contributed by atoms with Crippen molar-refractivity contribution in [3.05, 3.63) is 41.0 Å². The first-order valence-electron chi connectivity index (χ1n) is 6.86. The van der Waals surface area contributed by atoms with E-state index < -0.39 is 6.10 Å². The molecule has 1 amide bonds. The van der Waals surface area contributed by atoms with Crippen molar-refractivity contribution in [1.29, 1.82) is 0 Å². The normalized spacial score (nSPS) is 12.0. The molecule has 0 saturated carbocycles. The Bertz CT molecular complexity index is 612. The van der Waals surface area contributed by atoms with Gasteiger partial charge in [0.15, 0.2) is 11.9 Å². The second kappa shape index (κ2) is 7.13. The van der Waals surface area contributed by atoms with Gasteiger partial charge in [0.05, 0.1) is 5.02 Å². The number of benzene rings is 1. The Kier molecular flexibility index (Phi) is 5.22. The molecule has 1 unspecified atom stereocenters. The number of anilines is 1. The number of H-pyrrole nitrogens is 1. The number of ether oxygens (including phenoxy) is 1. The van der Waals surface area contributed by atoms with Crippen LogP contribution in [0.4, 0.5) is 5.82 Å². The highest BCUT2D eigenvalue weighted by Crippen LogP contribution is 2.24. The molecule has 0 aliphatic rings. The molecule has 2 aromatic rings. The number of hydrogen-bond acceptors (Lipinski definition) is 3. The van der Waals surface area contributed by atoms with Crippen LogP contribution in [-0.2, 0) is 11.2 Å². The summed E-state index contributed by atoms with van der Waals surface area (Å²) in [6.07, 6.45) is 1.24. The zero-order valence-electron chi connectivity index (χ0n) is 12.0. The van der Waals surface area contributed by atoms with Crippen molar-refractivity contribution in [2.24, 2.45) is 0 Å². The van der Waals surface area contributed by atoms with E-state index in [9.17, 15) is 4.79 Å². The van der Waals surface area contributed by atoms with E-state index in [2.05, 4.69) is 22.4 Å². The number of para-hydroxylation sites is 1. The SMILES string of the molecule is CCCc1cc(NC(=O)C(C)Oc2ccccc2Cl)n[nH]1. The molecule has 112 valence electrons. The summed E-state index contributed by atoms with van der Waals surface area (Å²) < 4.78 is 5.55. The molecule has 2 N–H and O–H groups in total. The van der Waals surface area contributed by atoms with Crippen molar-refractivity contribution in [3.8, 4) is 5.75 Å². The average molecular weight is 308 g/mol. The number of carbonyl (C=O) groups is 1. The summed E-state index contributed by atoms with van der Waals surface area (Å²) >= 11 is 6.00. The van der Waals surface area contributed by atoms with Gasteiger partial charge in [-0.05, 0) is 25.5 Å². The number of aromatic nitrogens is 2. The Morgan fingerprint density at radius 2 is 2.24 bits per heavy atom. The third-order valence-electron chi connectivity index (χ3n) is 2.91. The lowest BCUT2D eigenvalue weighted by Crippen LogP contribution is -2.30. The fourth-order valence-corrected chi connectivity index (χ4v) is 2.02. The smallest absolute Gasteiger partial charge is 0.266 e.